The summed E-state index contributed by atoms with van der Waals surface area (Å²) in [5, 5.41) is 11.6. The monoisotopic (exact) mass is 188 g/mol. The van der Waals surface area contributed by atoms with Crippen molar-refractivity contribution in [3.05, 3.63) is 35.6 Å². The fraction of sp³-hybridized carbons (Fsp3) is 0.182. The molecule has 1 atom stereocenters. The van der Waals surface area contributed by atoms with Crippen molar-refractivity contribution in [3.8, 4) is 18.4 Å². The number of nitrogens with zero attached hydrogens (tertiary/aromatic N) is 1. The highest BCUT2D eigenvalue weighted by Gasteiger charge is 2.08. The van der Waals surface area contributed by atoms with Crippen molar-refractivity contribution in [1.82, 2.24) is 5.32 Å². The number of hydrogen-bond donors (Lipinski definition) is 1. The fourth-order valence-electron chi connectivity index (χ4n) is 1.09. The number of nitriles is 1. The van der Waals surface area contributed by atoms with Crippen molar-refractivity contribution >= 4 is 0 Å². The van der Waals surface area contributed by atoms with Gasteiger partial charge in [0.2, 0.25) is 0 Å². The van der Waals surface area contributed by atoms with Gasteiger partial charge in [0.1, 0.15) is 11.9 Å². The van der Waals surface area contributed by atoms with E-state index in [4.69, 9.17) is 11.7 Å². The van der Waals surface area contributed by atoms with Crippen molar-refractivity contribution in [3.63, 3.8) is 0 Å². The molecule has 1 rings (SSSR count). The summed E-state index contributed by atoms with van der Waals surface area (Å²) in [6.45, 7) is 0.286. The molecule has 0 bridgehead atoms. The van der Waals surface area contributed by atoms with E-state index in [0.29, 0.717) is 5.56 Å². The zero-order valence-corrected chi connectivity index (χ0v) is 7.50. The predicted molar refractivity (Wildman–Crippen MR) is 51.6 cm³/mol. The van der Waals surface area contributed by atoms with Crippen LogP contribution in [0.1, 0.15) is 11.6 Å². The third-order valence-electron chi connectivity index (χ3n) is 1.72. The molecule has 3 heteroatoms. The van der Waals surface area contributed by atoms with Gasteiger partial charge < -0.3 is 0 Å². The van der Waals surface area contributed by atoms with Gasteiger partial charge in [0, 0.05) is 0 Å². The Balaban J connectivity index is 2.81. The first-order valence-electron chi connectivity index (χ1n) is 4.10. The molecule has 0 amide bonds. The van der Waals surface area contributed by atoms with E-state index in [1.165, 1.54) is 12.1 Å². The van der Waals surface area contributed by atoms with Crippen LogP contribution in [0.4, 0.5) is 4.39 Å². The molecule has 14 heavy (non-hydrogen) atoms. The van der Waals surface area contributed by atoms with Gasteiger partial charge in [-0.25, -0.2) is 4.39 Å². The Hall–Kier alpha value is -1.84. The van der Waals surface area contributed by atoms with Crippen LogP contribution in [0.15, 0.2) is 24.3 Å². The van der Waals surface area contributed by atoms with Gasteiger partial charge in [-0.05, 0) is 17.7 Å². The number of benzene rings is 1. The SMILES string of the molecule is C#CCNC(C#N)c1cccc(F)c1. The molecule has 0 saturated carbocycles. The molecular weight excluding hydrogens is 179 g/mol. The first kappa shape index (κ1) is 10.2. The van der Waals surface area contributed by atoms with Crippen molar-refractivity contribution < 1.29 is 4.39 Å². The molecular formula is C11H9FN2. The highest BCUT2D eigenvalue weighted by molar-refractivity contribution is 5.24. The van der Waals surface area contributed by atoms with Crippen LogP contribution in [-0.2, 0) is 0 Å². The molecule has 70 valence electrons. The highest BCUT2D eigenvalue weighted by Crippen LogP contribution is 2.12. The van der Waals surface area contributed by atoms with Gasteiger partial charge in [-0.3, -0.25) is 5.32 Å². The average Bonchev–Trinajstić information content (AvgIpc) is 2.19. The zero-order chi connectivity index (χ0) is 10.4. The standard InChI is InChI=1S/C11H9FN2/c1-2-6-14-11(8-13)9-4-3-5-10(12)7-9/h1,3-5,7,11,14H,6H2. The van der Waals surface area contributed by atoms with Crippen LogP contribution in [0.2, 0.25) is 0 Å². The number of rotatable bonds is 3. The van der Waals surface area contributed by atoms with E-state index in [1.54, 1.807) is 12.1 Å². The van der Waals surface area contributed by atoms with Gasteiger partial charge in [0.25, 0.3) is 0 Å². The Kier molecular flexibility index (Phi) is 3.67. The molecule has 0 aliphatic carbocycles. The summed E-state index contributed by atoms with van der Waals surface area (Å²) < 4.78 is 12.8. The van der Waals surface area contributed by atoms with E-state index in [2.05, 4.69) is 11.2 Å². The summed E-state index contributed by atoms with van der Waals surface area (Å²) in [7, 11) is 0. The second kappa shape index (κ2) is 5.01. The number of halogens is 1. The van der Waals surface area contributed by atoms with E-state index < -0.39 is 6.04 Å². The van der Waals surface area contributed by atoms with Crippen molar-refractivity contribution in [2.24, 2.45) is 0 Å². The molecule has 0 spiro atoms. The lowest BCUT2D eigenvalue weighted by molar-refractivity contribution is 0.617. The third kappa shape index (κ3) is 2.58. The fourth-order valence-corrected chi connectivity index (χ4v) is 1.09. The smallest absolute Gasteiger partial charge is 0.123 e. The lowest BCUT2D eigenvalue weighted by Crippen LogP contribution is -2.20. The second-order valence-electron chi connectivity index (χ2n) is 2.70. The Morgan fingerprint density at radius 2 is 2.36 bits per heavy atom. The van der Waals surface area contributed by atoms with Crippen LogP contribution in [0, 0.1) is 29.5 Å². The maximum absolute atomic E-state index is 12.8. The molecule has 0 heterocycles. The van der Waals surface area contributed by atoms with E-state index in [0.717, 1.165) is 0 Å². The minimum Gasteiger partial charge on any atom is -0.287 e. The Morgan fingerprint density at radius 1 is 1.57 bits per heavy atom. The van der Waals surface area contributed by atoms with E-state index in [-0.39, 0.29) is 12.4 Å². The highest BCUT2D eigenvalue weighted by atomic mass is 19.1. The van der Waals surface area contributed by atoms with E-state index in [9.17, 15) is 4.39 Å². The van der Waals surface area contributed by atoms with Crippen LogP contribution in [0.25, 0.3) is 0 Å². The maximum Gasteiger partial charge on any atom is 0.123 e. The lowest BCUT2D eigenvalue weighted by atomic mass is 10.1. The molecule has 0 fully saturated rings. The maximum atomic E-state index is 12.8. The van der Waals surface area contributed by atoms with E-state index >= 15 is 0 Å². The quantitative estimate of drug-likeness (QED) is 0.731. The summed E-state index contributed by atoms with van der Waals surface area (Å²) in [4.78, 5) is 0. The summed E-state index contributed by atoms with van der Waals surface area (Å²) in [6.07, 6.45) is 5.04. The third-order valence-corrected chi connectivity index (χ3v) is 1.72. The van der Waals surface area contributed by atoms with Gasteiger partial charge in [0.15, 0.2) is 0 Å². The van der Waals surface area contributed by atoms with Gasteiger partial charge >= 0.3 is 0 Å². The van der Waals surface area contributed by atoms with E-state index in [1.807, 2.05) is 6.07 Å². The minimum atomic E-state index is -0.554. The number of terminal acetylenes is 1. The summed E-state index contributed by atoms with van der Waals surface area (Å²) in [5.41, 5.74) is 0.586. The molecule has 0 radical (unpaired) electrons. The predicted octanol–water partition coefficient (Wildman–Crippen LogP) is 1.61. The molecule has 1 aromatic rings. The molecule has 0 aliphatic rings. The lowest BCUT2D eigenvalue weighted by Gasteiger charge is -2.08. The minimum absolute atomic E-state index is 0.286. The van der Waals surface area contributed by atoms with Gasteiger partial charge in [-0.2, -0.15) is 5.26 Å². The van der Waals surface area contributed by atoms with Crippen LogP contribution in [0.5, 0.6) is 0 Å². The average molecular weight is 188 g/mol. The van der Waals surface area contributed by atoms with Crippen molar-refractivity contribution in [1.29, 1.82) is 5.26 Å². The summed E-state index contributed by atoms with van der Waals surface area (Å²) in [6, 6.07) is 7.35. The van der Waals surface area contributed by atoms with Crippen LogP contribution in [-0.4, -0.2) is 6.54 Å². The Morgan fingerprint density at radius 3 is 2.93 bits per heavy atom. The topological polar surface area (TPSA) is 35.8 Å². The molecule has 0 aliphatic heterocycles. The number of hydrogen-bond acceptors (Lipinski definition) is 2. The second-order valence-corrected chi connectivity index (χ2v) is 2.70. The van der Waals surface area contributed by atoms with Gasteiger partial charge in [-0.15, -0.1) is 6.42 Å². The van der Waals surface area contributed by atoms with Gasteiger partial charge in [-0.1, -0.05) is 18.1 Å². The molecule has 0 saturated heterocycles. The van der Waals surface area contributed by atoms with Crippen LogP contribution < -0.4 is 5.32 Å². The van der Waals surface area contributed by atoms with Crippen LogP contribution >= 0.6 is 0 Å². The molecule has 0 aromatic heterocycles. The molecule has 1 N–H and O–H groups in total. The Labute approximate surface area is 82.4 Å². The molecule has 2 nitrogen and oxygen atoms in total. The van der Waals surface area contributed by atoms with Crippen molar-refractivity contribution in [2.75, 3.05) is 6.54 Å². The zero-order valence-electron chi connectivity index (χ0n) is 7.50. The molecule has 1 aromatic carbocycles. The normalized spacial score (nSPS) is 11.4. The summed E-state index contributed by atoms with van der Waals surface area (Å²) >= 11 is 0. The first-order chi connectivity index (χ1) is 6.77. The van der Waals surface area contributed by atoms with Gasteiger partial charge in [0.05, 0.1) is 12.6 Å². The first-order valence-corrected chi connectivity index (χ1v) is 4.10. The largest absolute Gasteiger partial charge is 0.287 e. The van der Waals surface area contributed by atoms with Crippen LogP contribution in [0.3, 0.4) is 0 Å². The Bertz CT molecular complexity index is 387. The summed E-state index contributed by atoms with van der Waals surface area (Å²) in [5.74, 6) is 2.00. The molecule has 1 unspecified atom stereocenters. The van der Waals surface area contributed by atoms with Crippen molar-refractivity contribution in [2.45, 2.75) is 6.04 Å². The number of nitrogens with one attached hydrogen (secondary N) is 1.